The summed E-state index contributed by atoms with van der Waals surface area (Å²) in [5.74, 6) is 0.868. The van der Waals surface area contributed by atoms with Gasteiger partial charge in [0.25, 0.3) is 0 Å². The van der Waals surface area contributed by atoms with Crippen molar-refractivity contribution in [2.45, 2.75) is 4.90 Å². The molecule has 4 nitrogen and oxygen atoms in total. The minimum atomic E-state index is 0.102. The Morgan fingerprint density at radius 1 is 1.53 bits per heavy atom. The first kappa shape index (κ1) is 12.4. The number of hydrogen-bond donors (Lipinski definition) is 1. The molecule has 0 aliphatic carbocycles. The van der Waals surface area contributed by atoms with E-state index in [1.807, 2.05) is 5.38 Å². The van der Waals surface area contributed by atoms with Crippen LogP contribution in [0, 0.1) is 0 Å². The Morgan fingerprint density at radius 2 is 2.35 bits per heavy atom. The van der Waals surface area contributed by atoms with Gasteiger partial charge < -0.3 is 4.72 Å². The van der Waals surface area contributed by atoms with E-state index in [-0.39, 0.29) is 10.8 Å². The van der Waals surface area contributed by atoms with Gasteiger partial charge in [0.2, 0.25) is 0 Å². The van der Waals surface area contributed by atoms with Crippen LogP contribution in [0.3, 0.4) is 0 Å². The van der Waals surface area contributed by atoms with Gasteiger partial charge in [-0.25, -0.2) is 9.97 Å². The molecule has 0 amide bonds. The van der Waals surface area contributed by atoms with Gasteiger partial charge in [0, 0.05) is 23.5 Å². The molecule has 0 fully saturated rings. The molecule has 0 bridgehead atoms. The van der Waals surface area contributed by atoms with Crippen molar-refractivity contribution < 1.29 is 4.48 Å². The van der Waals surface area contributed by atoms with Crippen LogP contribution in [0.25, 0.3) is 0 Å². The molecule has 0 atom stereocenters. The van der Waals surface area contributed by atoms with Crippen molar-refractivity contribution in [2.75, 3.05) is 16.9 Å². The second-order valence-corrected chi connectivity index (χ2v) is 5.04. The third-order valence-corrected chi connectivity index (χ3v) is 3.43. The monoisotopic (exact) mass is 290 g/mol. The number of rotatable bonds is 4. The van der Waals surface area contributed by atoms with Gasteiger partial charge in [-0.2, -0.15) is 5.12 Å². The molecule has 0 unspecified atom stereocenters. The summed E-state index contributed by atoms with van der Waals surface area (Å²) in [7, 11) is 1.24. The molecule has 0 aliphatic heterocycles. The summed E-state index contributed by atoms with van der Waals surface area (Å²) in [5.41, 5.74) is 1.73. The lowest BCUT2D eigenvalue weighted by Gasteiger charge is -2.09. The highest BCUT2D eigenvalue weighted by Gasteiger charge is 2.08. The second-order valence-electron chi connectivity index (χ2n) is 3.03. The van der Waals surface area contributed by atoms with Crippen LogP contribution in [0.5, 0.6) is 0 Å². The number of halogens is 2. The molecule has 2 rings (SSSR count). The fourth-order valence-electron chi connectivity index (χ4n) is 1.07. The lowest BCUT2D eigenvalue weighted by Crippen LogP contribution is -2.05. The van der Waals surface area contributed by atoms with E-state index in [0.29, 0.717) is 5.12 Å². The average Bonchev–Trinajstić information content (AvgIpc) is 2.78. The van der Waals surface area contributed by atoms with Crippen molar-refractivity contribution in [3.8, 4) is 0 Å². The maximum atomic E-state index is 12.9. The molecule has 2 aromatic heterocycles. The molecule has 2 heterocycles. The van der Waals surface area contributed by atoms with Gasteiger partial charge in [0.1, 0.15) is 5.82 Å². The highest BCUT2D eigenvalue weighted by molar-refractivity contribution is 8.00. The van der Waals surface area contributed by atoms with E-state index in [1.165, 1.54) is 30.3 Å². The molecule has 0 spiro atoms. The molecule has 8 heteroatoms. The Labute approximate surface area is 111 Å². The first-order valence-electron chi connectivity index (χ1n) is 4.53. The molecule has 90 valence electrons. The van der Waals surface area contributed by atoms with Crippen molar-refractivity contribution in [3.05, 3.63) is 28.2 Å². The smallest absolute Gasteiger partial charge is 0.175 e. The minimum absolute atomic E-state index is 0.102. The molecule has 0 aliphatic rings. The van der Waals surface area contributed by atoms with Crippen LogP contribution in [0.15, 0.2) is 28.0 Å². The Balaban J connectivity index is 2.05. The largest absolute Gasteiger partial charge is 0.310 e. The number of aromatic nitrogens is 2. The zero-order valence-corrected chi connectivity index (χ0v) is 11.1. The molecule has 0 saturated carbocycles. The predicted octanol–water partition coefficient (Wildman–Crippen LogP) is 3.63. The van der Waals surface area contributed by atoms with Gasteiger partial charge >= 0.3 is 0 Å². The van der Waals surface area contributed by atoms with Gasteiger partial charge in [-0.3, -0.25) is 0 Å². The first-order valence-corrected chi connectivity index (χ1v) is 6.66. The van der Waals surface area contributed by atoms with Crippen LogP contribution < -0.4 is 9.84 Å². The number of pyridine rings is 1. The summed E-state index contributed by atoms with van der Waals surface area (Å²) in [6.07, 6.45) is 1.54. The summed E-state index contributed by atoms with van der Waals surface area (Å²) in [6.45, 7) is 0. The van der Waals surface area contributed by atoms with Crippen LogP contribution in [0.2, 0.25) is 5.02 Å². The van der Waals surface area contributed by atoms with E-state index in [1.54, 1.807) is 17.8 Å². The molecule has 0 saturated heterocycles. The molecular weight excluding hydrogens is 283 g/mol. The lowest BCUT2D eigenvalue weighted by molar-refractivity contribution is 0.470. The lowest BCUT2D eigenvalue weighted by atomic mass is 10.4. The number of hydrogen-bond acceptors (Lipinski definition) is 6. The number of anilines is 2. The maximum absolute atomic E-state index is 12.9. The van der Waals surface area contributed by atoms with E-state index in [9.17, 15) is 4.48 Å². The Bertz CT molecular complexity index is 492. The van der Waals surface area contributed by atoms with E-state index in [0.717, 1.165) is 10.7 Å². The van der Waals surface area contributed by atoms with Crippen molar-refractivity contribution in [2.24, 2.45) is 0 Å². The van der Waals surface area contributed by atoms with Gasteiger partial charge in [0.15, 0.2) is 5.82 Å². The van der Waals surface area contributed by atoms with Crippen LogP contribution in [-0.2, 0) is 0 Å². The fourth-order valence-corrected chi connectivity index (χ4v) is 2.59. The SMILES string of the molecule is CN(F)c1ncc(SNc2cscn2)cc1Cl. The summed E-state index contributed by atoms with van der Waals surface area (Å²) in [6, 6.07) is 1.64. The van der Waals surface area contributed by atoms with Crippen LogP contribution in [0.1, 0.15) is 0 Å². The van der Waals surface area contributed by atoms with Crippen LogP contribution in [0.4, 0.5) is 16.1 Å². The van der Waals surface area contributed by atoms with Gasteiger partial charge in [-0.15, -0.1) is 11.3 Å². The minimum Gasteiger partial charge on any atom is -0.310 e. The van der Waals surface area contributed by atoms with Gasteiger partial charge in [-0.1, -0.05) is 16.1 Å². The Kier molecular flexibility index (Phi) is 4.03. The highest BCUT2D eigenvalue weighted by atomic mass is 35.5. The standard InChI is InChI=1S/C9H8ClFN4S2/c1-15(11)9-7(10)2-6(3-12-9)17-14-8-4-16-5-13-8/h2-5,14H,1H3. The quantitative estimate of drug-likeness (QED) is 0.688. The van der Waals surface area contributed by atoms with Crippen molar-refractivity contribution >= 4 is 46.5 Å². The Morgan fingerprint density at radius 3 is 2.94 bits per heavy atom. The van der Waals surface area contributed by atoms with Crippen LogP contribution in [-0.4, -0.2) is 17.0 Å². The molecule has 0 radical (unpaired) electrons. The summed E-state index contributed by atoms with van der Waals surface area (Å²) >= 11 is 8.70. The van der Waals surface area contributed by atoms with E-state index in [4.69, 9.17) is 11.6 Å². The zero-order chi connectivity index (χ0) is 12.3. The van der Waals surface area contributed by atoms with Gasteiger partial charge in [-0.05, 0) is 18.0 Å². The second kappa shape index (κ2) is 5.52. The first-order chi connectivity index (χ1) is 8.16. The average molecular weight is 291 g/mol. The van der Waals surface area contributed by atoms with E-state index >= 15 is 0 Å². The third-order valence-electron chi connectivity index (χ3n) is 1.79. The van der Waals surface area contributed by atoms with Crippen molar-refractivity contribution in [1.29, 1.82) is 0 Å². The molecule has 1 N–H and O–H groups in total. The molecule has 17 heavy (non-hydrogen) atoms. The number of thiazole rings is 1. The van der Waals surface area contributed by atoms with Crippen molar-refractivity contribution in [1.82, 2.24) is 9.97 Å². The highest BCUT2D eigenvalue weighted by Crippen LogP contribution is 2.28. The topological polar surface area (TPSA) is 41.1 Å². The third kappa shape index (κ3) is 3.21. The van der Waals surface area contributed by atoms with Crippen molar-refractivity contribution in [3.63, 3.8) is 0 Å². The van der Waals surface area contributed by atoms with Gasteiger partial charge in [0.05, 0.1) is 10.5 Å². The number of nitrogens with zero attached hydrogens (tertiary/aromatic N) is 3. The molecule has 2 aromatic rings. The zero-order valence-electron chi connectivity index (χ0n) is 8.72. The maximum Gasteiger partial charge on any atom is 0.175 e. The molecule has 0 aromatic carbocycles. The normalized spacial score (nSPS) is 10.3. The van der Waals surface area contributed by atoms with E-state index < -0.39 is 0 Å². The predicted molar refractivity (Wildman–Crippen MR) is 70.4 cm³/mol. The summed E-state index contributed by atoms with van der Waals surface area (Å²) in [5, 5.41) is 2.52. The summed E-state index contributed by atoms with van der Waals surface area (Å²) < 4.78 is 15.9. The number of nitrogens with one attached hydrogen (secondary N) is 1. The van der Waals surface area contributed by atoms with E-state index in [2.05, 4.69) is 14.7 Å². The Hall–Kier alpha value is -1.05. The summed E-state index contributed by atoms with van der Waals surface area (Å²) in [4.78, 5) is 8.77. The molecular formula is C9H8ClFN4S2. The fraction of sp³-hybridized carbons (Fsp3) is 0.111. The van der Waals surface area contributed by atoms with Crippen LogP contribution >= 0.6 is 34.9 Å².